The van der Waals surface area contributed by atoms with Gasteiger partial charge in [-0.3, -0.25) is 10.1 Å². The second-order valence-corrected chi connectivity index (χ2v) is 6.75. The summed E-state index contributed by atoms with van der Waals surface area (Å²) in [5.74, 6) is 2.85. The lowest BCUT2D eigenvalue weighted by atomic mass is 10.2. The van der Waals surface area contributed by atoms with Crippen LogP contribution in [0.4, 0.5) is 4.39 Å². The summed E-state index contributed by atoms with van der Waals surface area (Å²) in [5.41, 5.74) is 0.895. The molecule has 0 aliphatic heterocycles. The van der Waals surface area contributed by atoms with Crippen LogP contribution in [0.1, 0.15) is 19.2 Å². The molecule has 1 atom stereocenters. The minimum Gasteiger partial charge on any atom is -0.497 e. The van der Waals surface area contributed by atoms with Crippen molar-refractivity contribution in [3.05, 3.63) is 60.2 Å². The molecule has 3 rings (SSSR count). The van der Waals surface area contributed by atoms with Gasteiger partial charge in [0.05, 0.1) is 20.2 Å². The van der Waals surface area contributed by atoms with Gasteiger partial charge in [-0.1, -0.05) is 13.0 Å². The van der Waals surface area contributed by atoms with Crippen molar-refractivity contribution in [2.75, 3.05) is 20.7 Å². The second-order valence-electron chi connectivity index (χ2n) is 6.75. The molecule has 10 heteroatoms. The van der Waals surface area contributed by atoms with Gasteiger partial charge < -0.3 is 20.1 Å². The predicted octanol–water partition coefficient (Wildman–Crippen LogP) is 3.76. The van der Waals surface area contributed by atoms with Gasteiger partial charge in [0.15, 0.2) is 11.8 Å². The zero-order chi connectivity index (χ0) is 22.1. The van der Waals surface area contributed by atoms with Crippen LogP contribution < -0.4 is 20.1 Å². The van der Waals surface area contributed by atoms with E-state index in [4.69, 9.17) is 9.47 Å². The van der Waals surface area contributed by atoms with Gasteiger partial charge >= 0.3 is 0 Å². The van der Waals surface area contributed by atoms with Gasteiger partial charge in [0, 0.05) is 18.7 Å². The lowest BCUT2D eigenvalue weighted by molar-refractivity contribution is 0.198. The first-order chi connectivity index (χ1) is 15.1. The number of halogens is 2. The van der Waals surface area contributed by atoms with Crippen molar-refractivity contribution >= 4 is 29.9 Å². The highest BCUT2D eigenvalue weighted by Crippen LogP contribution is 2.19. The molecule has 0 spiro atoms. The fourth-order valence-electron chi connectivity index (χ4n) is 2.84. The third kappa shape index (κ3) is 7.36. The zero-order valence-electron chi connectivity index (χ0n) is 18.3. The monoisotopic (exact) mass is 554 g/mol. The Morgan fingerprint density at radius 1 is 1.16 bits per heavy atom. The van der Waals surface area contributed by atoms with Crippen molar-refractivity contribution in [1.29, 1.82) is 0 Å². The van der Waals surface area contributed by atoms with Gasteiger partial charge in [-0.05, 0) is 42.8 Å². The molecule has 1 unspecified atom stereocenters. The quantitative estimate of drug-likeness (QED) is 0.212. The number of H-pyrrole nitrogens is 1. The molecule has 8 nitrogen and oxygen atoms in total. The highest BCUT2D eigenvalue weighted by atomic mass is 127. The fraction of sp³-hybridized carbons (Fsp3) is 0.318. The van der Waals surface area contributed by atoms with Crippen LogP contribution in [-0.2, 0) is 6.54 Å². The number of nitrogens with one attached hydrogen (secondary N) is 3. The standard InChI is InChI=1S/C22H27FN6O2.HI/c1-4-17(31-19-7-5-6-16(23)12-19)13-25-22(24-2)26-14-20-27-21(29-28-20)15-8-10-18(30-3)11-9-15;/h5-12,17H,4,13-14H2,1-3H3,(H2,24,25,26)(H,27,28,29);1H. The number of aromatic nitrogens is 3. The van der Waals surface area contributed by atoms with Gasteiger partial charge in [-0.15, -0.1) is 24.0 Å². The van der Waals surface area contributed by atoms with E-state index in [0.29, 0.717) is 36.4 Å². The van der Waals surface area contributed by atoms with Crippen LogP contribution in [0.15, 0.2) is 53.5 Å². The number of rotatable bonds is 9. The summed E-state index contributed by atoms with van der Waals surface area (Å²) in [6, 6.07) is 13.7. The molecule has 3 N–H and O–H groups in total. The summed E-state index contributed by atoms with van der Waals surface area (Å²) in [5, 5.41) is 13.6. The normalized spacial score (nSPS) is 11.9. The summed E-state index contributed by atoms with van der Waals surface area (Å²) in [6.45, 7) is 2.95. The Bertz CT molecular complexity index is 996. The molecule has 0 bridgehead atoms. The van der Waals surface area contributed by atoms with E-state index in [1.54, 1.807) is 26.3 Å². The number of aliphatic imine (C=N–C) groups is 1. The summed E-state index contributed by atoms with van der Waals surface area (Å²) < 4.78 is 24.4. The molecule has 1 heterocycles. The molecule has 0 aliphatic rings. The van der Waals surface area contributed by atoms with E-state index in [0.717, 1.165) is 17.7 Å². The van der Waals surface area contributed by atoms with Crippen LogP contribution in [0.25, 0.3) is 11.4 Å². The summed E-state index contributed by atoms with van der Waals surface area (Å²) in [7, 11) is 3.32. The highest BCUT2D eigenvalue weighted by molar-refractivity contribution is 14.0. The lowest BCUT2D eigenvalue weighted by Crippen LogP contribution is -2.42. The number of aromatic amines is 1. The average molecular weight is 554 g/mol. The Balaban J connectivity index is 0.00000363. The zero-order valence-corrected chi connectivity index (χ0v) is 20.6. The molecular formula is C22H28FIN6O2. The number of nitrogens with zero attached hydrogens (tertiary/aromatic N) is 3. The molecule has 0 fully saturated rings. The number of hydrogen-bond donors (Lipinski definition) is 3. The van der Waals surface area contributed by atoms with E-state index in [1.807, 2.05) is 31.2 Å². The highest BCUT2D eigenvalue weighted by Gasteiger charge is 2.11. The fourth-order valence-corrected chi connectivity index (χ4v) is 2.84. The average Bonchev–Trinajstić information content (AvgIpc) is 3.27. The van der Waals surface area contributed by atoms with Crippen LogP contribution >= 0.6 is 24.0 Å². The SMILES string of the molecule is CCC(CNC(=NC)NCc1nc(-c2ccc(OC)cc2)n[nH]1)Oc1cccc(F)c1.I. The maximum atomic E-state index is 13.4. The van der Waals surface area contributed by atoms with Gasteiger partial charge in [0.25, 0.3) is 0 Å². The Hall–Kier alpha value is -2.89. The minimum atomic E-state index is -0.321. The lowest BCUT2D eigenvalue weighted by Gasteiger charge is -2.19. The summed E-state index contributed by atoms with van der Waals surface area (Å²) in [6.07, 6.45) is 0.626. The van der Waals surface area contributed by atoms with E-state index in [9.17, 15) is 4.39 Å². The van der Waals surface area contributed by atoms with Gasteiger partial charge in [-0.2, -0.15) is 5.10 Å². The second kappa shape index (κ2) is 12.8. The van der Waals surface area contributed by atoms with Crippen LogP contribution in [0.2, 0.25) is 0 Å². The van der Waals surface area contributed by atoms with E-state index >= 15 is 0 Å². The van der Waals surface area contributed by atoms with Crippen molar-refractivity contribution in [3.63, 3.8) is 0 Å². The summed E-state index contributed by atoms with van der Waals surface area (Å²) >= 11 is 0. The molecule has 0 amide bonds. The van der Waals surface area contributed by atoms with E-state index in [1.165, 1.54) is 12.1 Å². The Morgan fingerprint density at radius 3 is 2.59 bits per heavy atom. The predicted molar refractivity (Wildman–Crippen MR) is 133 cm³/mol. The van der Waals surface area contributed by atoms with Crippen molar-refractivity contribution in [2.24, 2.45) is 4.99 Å². The molecule has 0 saturated heterocycles. The molecule has 3 aromatic rings. The molecule has 0 aliphatic carbocycles. The van der Waals surface area contributed by atoms with Crippen LogP contribution in [-0.4, -0.2) is 47.9 Å². The van der Waals surface area contributed by atoms with Gasteiger partial charge in [0.2, 0.25) is 0 Å². The smallest absolute Gasteiger partial charge is 0.191 e. The molecule has 0 saturated carbocycles. The number of methoxy groups -OCH3 is 1. The van der Waals surface area contributed by atoms with E-state index in [2.05, 4.69) is 30.8 Å². The van der Waals surface area contributed by atoms with Crippen LogP contribution in [0.5, 0.6) is 11.5 Å². The first-order valence-electron chi connectivity index (χ1n) is 10.0. The number of hydrogen-bond acceptors (Lipinski definition) is 5. The molecular weight excluding hydrogens is 526 g/mol. The van der Waals surface area contributed by atoms with Crippen molar-refractivity contribution in [2.45, 2.75) is 26.0 Å². The largest absolute Gasteiger partial charge is 0.497 e. The third-order valence-electron chi connectivity index (χ3n) is 4.58. The number of guanidine groups is 1. The molecule has 0 radical (unpaired) electrons. The van der Waals surface area contributed by atoms with Gasteiger partial charge in [0.1, 0.15) is 29.2 Å². The Morgan fingerprint density at radius 2 is 1.94 bits per heavy atom. The van der Waals surface area contributed by atoms with E-state index in [-0.39, 0.29) is 35.9 Å². The maximum absolute atomic E-state index is 13.4. The molecule has 172 valence electrons. The number of ether oxygens (including phenoxy) is 2. The van der Waals surface area contributed by atoms with Crippen LogP contribution in [0, 0.1) is 5.82 Å². The molecule has 1 aromatic heterocycles. The van der Waals surface area contributed by atoms with E-state index < -0.39 is 0 Å². The maximum Gasteiger partial charge on any atom is 0.191 e. The Labute approximate surface area is 204 Å². The van der Waals surface area contributed by atoms with Gasteiger partial charge in [-0.25, -0.2) is 9.37 Å². The molecule has 2 aromatic carbocycles. The van der Waals surface area contributed by atoms with Crippen molar-refractivity contribution in [3.8, 4) is 22.9 Å². The topological polar surface area (TPSA) is 96.5 Å². The third-order valence-corrected chi connectivity index (χ3v) is 4.58. The number of benzene rings is 2. The first kappa shape index (κ1) is 25.4. The van der Waals surface area contributed by atoms with Crippen LogP contribution in [0.3, 0.4) is 0 Å². The summed E-state index contributed by atoms with van der Waals surface area (Å²) in [4.78, 5) is 8.72. The van der Waals surface area contributed by atoms with Crippen molar-refractivity contribution in [1.82, 2.24) is 25.8 Å². The van der Waals surface area contributed by atoms with Crippen molar-refractivity contribution < 1.29 is 13.9 Å². The first-order valence-corrected chi connectivity index (χ1v) is 10.0. The molecule has 32 heavy (non-hydrogen) atoms. The Kier molecular flexibility index (Phi) is 10.2. The minimum absolute atomic E-state index is 0.